The van der Waals surface area contributed by atoms with Crippen LogP contribution in [0.25, 0.3) is 0 Å². The summed E-state index contributed by atoms with van der Waals surface area (Å²) in [7, 11) is 2.18. The standard InChI is InChI=1S/C16H31N3/c1-17-16(7-3-2-4-8-16)9-11-18-12-13-19-10-5-6-15(19)14-18/h15,17H,2-14H2,1H3. The molecule has 0 radical (unpaired) electrons. The topological polar surface area (TPSA) is 18.5 Å². The molecule has 3 nitrogen and oxygen atoms in total. The van der Waals surface area contributed by atoms with Gasteiger partial charge in [0.15, 0.2) is 0 Å². The fourth-order valence-electron chi connectivity index (χ4n) is 4.48. The third kappa shape index (κ3) is 3.14. The molecule has 0 spiro atoms. The van der Waals surface area contributed by atoms with Crippen molar-refractivity contribution in [2.45, 2.75) is 62.9 Å². The summed E-state index contributed by atoms with van der Waals surface area (Å²) in [5, 5.41) is 3.67. The van der Waals surface area contributed by atoms with Gasteiger partial charge in [0.1, 0.15) is 0 Å². The molecule has 2 heterocycles. The molecule has 3 heteroatoms. The first-order valence-corrected chi connectivity index (χ1v) is 8.47. The summed E-state index contributed by atoms with van der Waals surface area (Å²) in [6.07, 6.45) is 11.3. The molecule has 110 valence electrons. The van der Waals surface area contributed by atoms with E-state index in [1.165, 1.54) is 84.1 Å². The molecule has 1 atom stereocenters. The van der Waals surface area contributed by atoms with Crippen LogP contribution in [0.5, 0.6) is 0 Å². The lowest BCUT2D eigenvalue weighted by Crippen LogP contribution is -2.52. The van der Waals surface area contributed by atoms with Gasteiger partial charge in [0, 0.05) is 37.8 Å². The molecule has 19 heavy (non-hydrogen) atoms. The second-order valence-electron chi connectivity index (χ2n) is 6.97. The van der Waals surface area contributed by atoms with Crippen molar-refractivity contribution in [2.75, 3.05) is 39.8 Å². The number of hydrogen-bond acceptors (Lipinski definition) is 3. The Morgan fingerprint density at radius 2 is 1.89 bits per heavy atom. The van der Waals surface area contributed by atoms with Crippen LogP contribution in [-0.2, 0) is 0 Å². The van der Waals surface area contributed by atoms with E-state index in [2.05, 4.69) is 22.2 Å². The minimum Gasteiger partial charge on any atom is -0.314 e. The van der Waals surface area contributed by atoms with Crippen LogP contribution in [0.15, 0.2) is 0 Å². The maximum absolute atomic E-state index is 3.67. The van der Waals surface area contributed by atoms with E-state index >= 15 is 0 Å². The third-order valence-electron chi connectivity index (χ3n) is 5.92. The SMILES string of the molecule is CNC1(CCN2CCN3CCCC3C2)CCCCC1. The average molecular weight is 265 g/mol. The fraction of sp³-hybridized carbons (Fsp3) is 1.00. The average Bonchev–Trinajstić information content (AvgIpc) is 2.93. The van der Waals surface area contributed by atoms with Crippen LogP contribution in [0.1, 0.15) is 51.4 Å². The summed E-state index contributed by atoms with van der Waals surface area (Å²) >= 11 is 0. The van der Waals surface area contributed by atoms with E-state index in [1.54, 1.807) is 0 Å². The summed E-state index contributed by atoms with van der Waals surface area (Å²) in [4.78, 5) is 5.45. The van der Waals surface area contributed by atoms with E-state index in [-0.39, 0.29) is 0 Å². The third-order valence-corrected chi connectivity index (χ3v) is 5.92. The Bertz CT molecular complexity index is 286. The Labute approximate surface area is 118 Å². The number of nitrogens with zero attached hydrogens (tertiary/aromatic N) is 2. The van der Waals surface area contributed by atoms with Crippen molar-refractivity contribution in [1.82, 2.24) is 15.1 Å². The van der Waals surface area contributed by atoms with Gasteiger partial charge in [-0.2, -0.15) is 0 Å². The second-order valence-corrected chi connectivity index (χ2v) is 6.97. The molecule has 1 aliphatic carbocycles. The maximum atomic E-state index is 3.67. The number of piperazine rings is 1. The quantitative estimate of drug-likeness (QED) is 0.839. The molecule has 1 unspecified atom stereocenters. The van der Waals surface area contributed by atoms with Gasteiger partial charge in [-0.05, 0) is 45.7 Å². The summed E-state index contributed by atoms with van der Waals surface area (Å²) < 4.78 is 0. The van der Waals surface area contributed by atoms with Gasteiger partial charge in [-0.3, -0.25) is 4.90 Å². The zero-order valence-corrected chi connectivity index (χ0v) is 12.7. The van der Waals surface area contributed by atoms with Crippen LogP contribution in [0, 0.1) is 0 Å². The van der Waals surface area contributed by atoms with Crippen molar-refractivity contribution in [2.24, 2.45) is 0 Å². The minimum atomic E-state index is 0.463. The molecular formula is C16H31N3. The van der Waals surface area contributed by atoms with E-state index in [4.69, 9.17) is 0 Å². The van der Waals surface area contributed by atoms with Crippen LogP contribution in [0.2, 0.25) is 0 Å². The summed E-state index contributed by atoms with van der Waals surface area (Å²) in [6.45, 7) is 6.62. The van der Waals surface area contributed by atoms with Crippen LogP contribution >= 0.6 is 0 Å². The molecule has 0 amide bonds. The number of nitrogens with one attached hydrogen (secondary N) is 1. The molecule has 3 fully saturated rings. The van der Waals surface area contributed by atoms with E-state index in [9.17, 15) is 0 Å². The molecule has 0 aromatic carbocycles. The molecule has 0 aromatic rings. The molecule has 0 bridgehead atoms. The first-order valence-electron chi connectivity index (χ1n) is 8.47. The Morgan fingerprint density at radius 1 is 1.05 bits per heavy atom. The van der Waals surface area contributed by atoms with Crippen molar-refractivity contribution in [3.8, 4) is 0 Å². The highest BCUT2D eigenvalue weighted by Gasteiger charge is 2.33. The molecule has 0 aromatic heterocycles. The number of rotatable bonds is 4. The maximum Gasteiger partial charge on any atom is 0.0224 e. The van der Waals surface area contributed by atoms with E-state index in [0.717, 1.165) is 6.04 Å². The predicted molar refractivity (Wildman–Crippen MR) is 80.5 cm³/mol. The first kappa shape index (κ1) is 13.8. The van der Waals surface area contributed by atoms with Gasteiger partial charge in [-0.25, -0.2) is 0 Å². The van der Waals surface area contributed by atoms with Crippen molar-refractivity contribution < 1.29 is 0 Å². The van der Waals surface area contributed by atoms with Gasteiger partial charge in [-0.15, -0.1) is 0 Å². The van der Waals surface area contributed by atoms with Gasteiger partial charge < -0.3 is 10.2 Å². The van der Waals surface area contributed by atoms with E-state index < -0.39 is 0 Å². The summed E-state index contributed by atoms with van der Waals surface area (Å²) in [5.74, 6) is 0. The highest BCUT2D eigenvalue weighted by Crippen LogP contribution is 2.31. The van der Waals surface area contributed by atoms with Gasteiger partial charge in [0.2, 0.25) is 0 Å². The Balaban J connectivity index is 1.48. The molecule has 1 saturated carbocycles. The zero-order chi connectivity index (χ0) is 13.1. The predicted octanol–water partition coefficient (Wildman–Crippen LogP) is 2.08. The van der Waals surface area contributed by atoms with Crippen LogP contribution < -0.4 is 5.32 Å². The van der Waals surface area contributed by atoms with Gasteiger partial charge >= 0.3 is 0 Å². The van der Waals surface area contributed by atoms with E-state index in [0.29, 0.717) is 5.54 Å². The van der Waals surface area contributed by atoms with E-state index in [1.807, 2.05) is 0 Å². The highest BCUT2D eigenvalue weighted by molar-refractivity contribution is 4.92. The molecule has 2 aliphatic heterocycles. The molecule has 3 rings (SSSR count). The van der Waals surface area contributed by atoms with Gasteiger partial charge in [0.25, 0.3) is 0 Å². The largest absolute Gasteiger partial charge is 0.314 e. The monoisotopic (exact) mass is 265 g/mol. The van der Waals surface area contributed by atoms with Crippen LogP contribution in [-0.4, -0.2) is 61.2 Å². The lowest BCUT2D eigenvalue weighted by molar-refractivity contribution is 0.0904. The molecule has 3 aliphatic rings. The first-order chi connectivity index (χ1) is 9.31. The molecule has 1 N–H and O–H groups in total. The number of hydrogen-bond donors (Lipinski definition) is 1. The molecule has 2 saturated heterocycles. The lowest BCUT2D eigenvalue weighted by Gasteiger charge is -2.42. The normalized spacial score (nSPS) is 32.4. The zero-order valence-electron chi connectivity index (χ0n) is 12.7. The van der Waals surface area contributed by atoms with Gasteiger partial charge in [0.05, 0.1) is 0 Å². The Hall–Kier alpha value is -0.120. The van der Waals surface area contributed by atoms with Crippen molar-refractivity contribution in [1.29, 1.82) is 0 Å². The highest BCUT2D eigenvalue weighted by atomic mass is 15.3. The molecular weight excluding hydrogens is 234 g/mol. The Kier molecular flexibility index (Phi) is 4.45. The van der Waals surface area contributed by atoms with Crippen molar-refractivity contribution in [3.63, 3.8) is 0 Å². The van der Waals surface area contributed by atoms with Crippen molar-refractivity contribution >= 4 is 0 Å². The smallest absolute Gasteiger partial charge is 0.0224 e. The Morgan fingerprint density at radius 3 is 2.68 bits per heavy atom. The second kappa shape index (κ2) is 6.11. The summed E-state index contributed by atoms with van der Waals surface area (Å²) in [5.41, 5.74) is 0.463. The summed E-state index contributed by atoms with van der Waals surface area (Å²) in [6, 6.07) is 0.880. The minimum absolute atomic E-state index is 0.463. The van der Waals surface area contributed by atoms with Gasteiger partial charge in [-0.1, -0.05) is 19.3 Å². The number of fused-ring (bicyclic) bond motifs is 1. The van der Waals surface area contributed by atoms with Crippen LogP contribution in [0.4, 0.5) is 0 Å². The lowest BCUT2D eigenvalue weighted by atomic mass is 9.79. The van der Waals surface area contributed by atoms with Crippen LogP contribution in [0.3, 0.4) is 0 Å². The fourth-order valence-corrected chi connectivity index (χ4v) is 4.48. The van der Waals surface area contributed by atoms with Crippen molar-refractivity contribution in [3.05, 3.63) is 0 Å².